The molecule has 1 aromatic heterocycles. The lowest BCUT2D eigenvalue weighted by Crippen LogP contribution is -2.29. The number of thiazole rings is 1. The van der Waals surface area contributed by atoms with E-state index in [-0.39, 0.29) is 16.8 Å². The van der Waals surface area contributed by atoms with Crippen molar-refractivity contribution in [1.29, 1.82) is 0 Å². The van der Waals surface area contributed by atoms with Crippen molar-refractivity contribution < 1.29 is 19.2 Å². The number of aromatic nitrogens is 1. The van der Waals surface area contributed by atoms with Crippen LogP contribution in [0.4, 0.5) is 10.8 Å². The van der Waals surface area contributed by atoms with E-state index in [0.29, 0.717) is 16.6 Å². The summed E-state index contributed by atoms with van der Waals surface area (Å²) in [4.78, 5) is 41.5. The average Bonchev–Trinajstić information content (AvgIpc) is 3.27. The van der Waals surface area contributed by atoms with Crippen molar-refractivity contribution in [1.82, 2.24) is 4.98 Å². The Morgan fingerprint density at radius 2 is 1.60 bits per heavy atom. The van der Waals surface area contributed by atoms with Gasteiger partial charge in [0, 0.05) is 12.1 Å². The van der Waals surface area contributed by atoms with Crippen LogP contribution < -0.4 is 9.64 Å². The van der Waals surface area contributed by atoms with Crippen molar-refractivity contribution in [3.63, 3.8) is 0 Å². The fraction of sp³-hybridized carbons (Fsp3) is 0. The molecule has 9 heteroatoms. The van der Waals surface area contributed by atoms with Gasteiger partial charge in [0.2, 0.25) is 5.13 Å². The molecule has 2 amide bonds. The van der Waals surface area contributed by atoms with Crippen molar-refractivity contribution in [2.24, 2.45) is 0 Å². The first-order chi connectivity index (χ1) is 14.5. The van der Waals surface area contributed by atoms with E-state index in [9.17, 15) is 19.7 Å². The van der Waals surface area contributed by atoms with E-state index in [1.807, 2.05) is 24.3 Å². The highest BCUT2D eigenvalue weighted by Gasteiger charge is 2.38. The number of nitro benzene ring substituents is 1. The molecule has 0 bridgehead atoms. The standard InChI is InChI=1S/C21H11N3O5S/c25-19-15-10-9-14(29-13-7-5-12(6-8-13)24(27)28)11-16(15)20(26)23(19)21-22-17-3-1-2-4-18(17)30-21/h1-11H. The molecule has 0 N–H and O–H groups in total. The number of imide groups is 1. The van der Waals surface area contributed by atoms with Gasteiger partial charge in [-0.3, -0.25) is 19.7 Å². The molecule has 0 saturated heterocycles. The molecule has 0 atom stereocenters. The number of hydrogen-bond donors (Lipinski definition) is 0. The van der Waals surface area contributed by atoms with Crippen molar-refractivity contribution in [3.8, 4) is 11.5 Å². The minimum atomic E-state index is -0.500. The van der Waals surface area contributed by atoms with E-state index in [4.69, 9.17) is 4.74 Å². The summed E-state index contributed by atoms with van der Waals surface area (Å²) >= 11 is 1.27. The highest BCUT2D eigenvalue weighted by atomic mass is 32.1. The molecule has 0 saturated carbocycles. The number of hydrogen-bond acceptors (Lipinski definition) is 7. The first-order valence-corrected chi connectivity index (χ1v) is 9.63. The second-order valence-corrected chi connectivity index (χ2v) is 7.48. The summed E-state index contributed by atoms with van der Waals surface area (Å²) in [6.07, 6.45) is 0. The molecule has 4 aromatic rings. The predicted molar refractivity (Wildman–Crippen MR) is 110 cm³/mol. The smallest absolute Gasteiger partial charge is 0.269 e. The van der Waals surface area contributed by atoms with Crippen LogP contribution >= 0.6 is 11.3 Å². The Hall–Kier alpha value is -4.11. The summed E-state index contributed by atoms with van der Waals surface area (Å²) in [6, 6.07) is 17.6. The number of rotatable bonds is 4. The van der Waals surface area contributed by atoms with Gasteiger partial charge in [-0.05, 0) is 42.5 Å². The molecular weight excluding hydrogens is 406 g/mol. The van der Waals surface area contributed by atoms with Crippen LogP contribution in [0, 0.1) is 10.1 Å². The maximum absolute atomic E-state index is 12.9. The van der Waals surface area contributed by atoms with Crippen molar-refractivity contribution in [2.45, 2.75) is 0 Å². The van der Waals surface area contributed by atoms with Gasteiger partial charge in [0.1, 0.15) is 11.5 Å². The van der Waals surface area contributed by atoms with Gasteiger partial charge in [-0.15, -0.1) is 0 Å². The lowest BCUT2D eigenvalue weighted by Gasteiger charge is -2.08. The van der Waals surface area contributed by atoms with Crippen LogP contribution in [-0.2, 0) is 0 Å². The van der Waals surface area contributed by atoms with Gasteiger partial charge in [0.15, 0.2) is 0 Å². The zero-order chi connectivity index (χ0) is 20.8. The normalized spacial score (nSPS) is 13.0. The molecule has 0 fully saturated rings. The summed E-state index contributed by atoms with van der Waals surface area (Å²) in [6.45, 7) is 0. The maximum Gasteiger partial charge on any atom is 0.269 e. The molecule has 0 radical (unpaired) electrons. The van der Waals surface area contributed by atoms with Gasteiger partial charge in [-0.1, -0.05) is 23.5 Å². The summed E-state index contributed by atoms with van der Waals surface area (Å²) < 4.78 is 6.57. The van der Waals surface area contributed by atoms with Crippen molar-refractivity contribution in [2.75, 3.05) is 4.90 Å². The Balaban J connectivity index is 1.45. The molecular formula is C21H11N3O5S. The minimum absolute atomic E-state index is 0.0523. The molecule has 8 nitrogen and oxygen atoms in total. The van der Waals surface area contributed by atoms with E-state index in [0.717, 1.165) is 15.1 Å². The second kappa shape index (κ2) is 6.75. The number of nitro groups is 1. The topological polar surface area (TPSA) is 103 Å². The van der Waals surface area contributed by atoms with Crippen LogP contribution in [0.15, 0.2) is 66.7 Å². The van der Waals surface area contributed by atoms with E-state index >= 15 is 0 Å². The molecule has 1 aliphatic rings. The highest BCUT2D eigenvalue weighted by Crippen LogP contribution is 2.36. The molecule has 0 spiro atoms. The average molecular weight is 417 g/mol. The molecule has 146 valence electrons. The van der Waals surface area contributed by atoms with E-state index in [2.05, 4.69) is 4.98 Å². The quantitative estimate of drug-likeness (QED) is 0.269. The highest BCUT2D eigenvalue weighted by molar-refractivity contribution is 7.22. The fourth-order valence-corrected chi connectivity index (χ4v) is 4.15. The number of amides is 2. The van der Waals surface area contributed by atoms with Gasteiger partial charge in [0.25, 0.3) is 17.5 Å². The van der Waals surface area contributed by atoms with E-state index in [1.165, 1.54) is 47.7 Å². The lowest BCUT2D eigenvalue weighted by molar-refractivity contribution is -0.384. The first-order valence-electron chi connectivity index (χ1n) is 8.82. The van der Waals surface area contributed by atoms with Gasteiger partial charge in [-0.2, -0.15) is 0 Å². The lowest BCUT2D eigenvalue weighted by atomic mass is 10.1. The number of anilines is 1. The van der Waals surface area contributed by atoms with Gasteiger partial charge < -0.3 is 4.74 Å². The third-order valence-electron chi connectivity index (χ3n) is 4.62. The third-order valence-corrected chi connectivity index (χ3v) is 5.64. The SMILES string of the molecule is O=C1c2ccc(Oc3ccc([N+](=O)[O-])cc3)cc2C(=O)N1c1nc2ccccc2s1. The molecule has 5 rings (SSSR count). The number of carbonyl (C=O) groups is 2. The molecule has 0 aliphatic carbocycles. The Kier molecular flexibility index (Phi) is 4.04. The Labute approximate surface area is 173 Å². The number of fused-ring (bicyclic) bond motifs is 2. The van der Waals surface area contributed by atoms with Crippen LogP contribution in [0.2, 0.25) is 0 Å². The molecule has 30 heavy (non-hydrogen) atoms. The zero-order valence-corrected chi connectivity index (χ0v) is 16.0. The largest absolute Gasteiger partial charge is 0.457 e. The fourth-order valence-electron chi connectivity index (χ4n) is 3.18. The van der Waals surface area contributed by atoms with E-state index < -0.39 is 16.7 Å². The van der Waals surface area contributed by atoms with Crippen LogP contribution in [0.1, 0.15) is 20.7 Å². The summed E-state index contributed by atoms with van der Waals surface area (Å²) in [5.74, 6) is -0.186. The van der Waals surface area contributed by atoms with Gasteiger partial charge in [0.05, 0.1) is 26.3 Å². The number of ether oxygens (including phenoxy) is 1. The third kappa shape index (κ3) is 2.88. The van der Waals surface area contributed by atoms with Crippen LogP contribution in [-0.4, -0.2) is 21.7 Å². The first kappa shape index (κ1) is 18.0. The Morgan fingerprint density at radius 1 is 0.900 bits per heavy atom. The molecule has 1 aliphatic heterocycles. The van der Waals surface area contributed by atoms with Crippen LogP contribution in [0.25, 0.3) is 10.2 Å². The number of non-ortho nitro benzene ring substituents is 1. The number of carbonyl (C=O) groups excluding carboxylic acids is 2. The predicted octanol–water partition coefficient (Wildman–Crippen LogP) is 4.80. The Bertz CT molecular complexity index is 1310. The van der Waals surface area contributed by atoms with Crippen LogP contribution in [0.3, 0.4) is 0 Å². The summed E-state index contributed by atoms with van der Waals surface area (Å²) in [7, 11) is 0. The van der Waals surface area contributed by atoms with Crippen molar-refractivity contribution in [3.05, 3.63) is 88.0 Å². The number of nitrogens with zero attached hydrogens (tertiary/aromatic N) is 3. The zero-order valence-electron chi connectivity index (χ0n) is 15.1. The van der Waals surface area contributed by atoms with E-state index in [1.54, 1.807) is 6.07 Å². The minimum Gasteiger partial charge on any atom is -0.457 e. The Morgan fingerprint density at radius 3 is 2.33 bits per heavy atom. The molecule has 3 aromatic carbocycles. The monoisotopic (exact) mass is 417 g/mol. The number of para-hydroxylation sites is 1. The maximum atomic E-state index is 12.9. The van der Waals surface area contributed by atoms with Crippen molar-refractivity contribution >= 4 is 44.2 Å². The van der Waals surface area contributed by atoms with Crippen LogP contribution in [0.5, 0.6) is 11.5 Å². The number of benzene rings is 3. The molecule has 0 unspecified atom stereocenters. The van der Waals surface area contributed by atoms with Gasteiger partial charge >= 0.3 is 0 Å². The second-order valence-electron chi connectivity index (χ2n) is 6.47. The summed E-state index contributed by atoms with van der Waals surface area (Å²) in [5, 5.41) is 11.1. The molecule has 2 heterocycles. The van der Waals surface area contributed by atoms with Gasteiger partial charge in [-0.25, -0.2) is 9.88 Å². The summed E-state index contributed by atoms with van der Waals surface area (Å²) in [5.41, 5.74) is 1.16.